The second-order valence-electron chi connectivity index (χ2n) is 6.30. The van der Waals surface area contributed by atoms with Crippen LogP contribution in [0.2, 0.25) is 0 Å². The van der Waals surface area contributed by atoms with Gasteiger partial charge in [0.1, 0.15) is 5.69 Å². The SMILES string of the molecule is O=C(c1ccncc1)N1CCCC1CCc1noc(-c2ccccn2)n1. The van der Waals surface area contributed by atoms with Crippen molar-refractivity contribution < 1.29 is 9.32 Å². The van der Waals surface area contributed by atoms with Crippen LogP contribution in [-0.4, -0.2) is 43.5 Å². The van der Waals surface area contributed by atoms with E-state index < -0.39 is 0 Å². The van der Waals surface area contributed by atoms with Gasteiger partial charge in [-0.2, -0.15) is 4.98 Å². The molecule has 1 unspecified atom stereocenters. The molecule has 0 aromatic carbocycles. The molecular formula is C19H19N5O2. The van der Waals surface area contributed by atoms with Crippen molar-refractivity contribution in [3.63, 3.8) is 0 Å². The van der Waals surface area contributed by atoms with Gasteiger partial charge in [0.25, 0.3) is 11.8 Å². The molecule has 0 aliphatic carbocycles. The van der Waals surface area contributed by atoms with Gasteiger partial charge in [-0.1, -0.05) is 11.2 Å². The van der Waals surface area contributed by atoms with E-state index in [9.17, 15) is 4.79 Å². The van der Waals surface area contributed by atoms with Gasteiger partial charge >= 0.3 is 0 Å². The Morgan fingerprint density at radius 3 is 2.88 bits per heavy atom. The van der Waals surface area contributed by atoms with E-state index in [1.807, 2.05) is 23.1 Å². The van der Waals surface area contributed by atoms with Gasteiger partial charge in [-0.15, -0.1) is 0 Å². The molecule has 0 saturated carbocycles. The number of rotatable bonds is 5. The standard InChI is InChI=1S/C19H19N5O2/c25-19(14-8-11-20-12-9-14)24-13-3-4-15(24)6-7-17-22-18(26-23-17)16-5-1-2-10-21-16/h1-2,5,8-12,15H,3-4,6-7,13H2. The molecule has 3 aromatic heterocycles. The summed E-state index contributed by atoms with van der Waals surface area (Å²) >= 11 is 0. The number of pyridine rings is 2. The van der Waals surface area contributed by atoms with Gasteiger partial charge in [0, 0.05) is 43.2 Å². The molecule has 0 spiro atoms. The Hall–Kier alpha value is -3.09. The van der Waals surface area contributed by atoms with Crippen LogP contribution < -0.4 is 0 Å². The highest BCUT2D eigenvalue weighted by Gasteiger charge is 2.29. The maximum atomic E-state index is 12.7. The van der Waals surface area contributed by atoms with Crippen molar-refractivity contribution in [3.8, 4) is 11.6 Å². The minimum Gasteiger partial charge on any atom is -0.336 e. The average Bonchev–Trinajstić information content (AvgIpc) is 3.36. The molecule has 0 bridgehead atoms. The molecule has 1 fully saturated rings. The predicted octanol–water partition coefficient (Wildman–Crippen LogP) is 2.76. The Kier molecular flexibility index (Phi) is 4.68. The molecule has 1 aliphatic rings. The van der Waals surface area contributed by atoms with E-state index in [0.717, 1.165) is 25.8 Å². The van der Waals surface area contributed by atoms with Gasteiger partial charge in [-0.25, -0.2) is 0 Å². The molecule has 7 nitrogen and oxygen atoms in total. The largest absolute Gasteiger partial charge is 0.336 e. The van der Waals surface area contributed by atoms with Crippen molar-refractivity contribution in [3.05, 3.63) is 60.3 Å². The Morgan fingerprint density at radius 2 is 2.08 bits per heavy atom. The molecule has 0 N–H and O–H groups in total. The fraction of sp³-hybridized carbons (Fsp3) is 0.316. The van der Waals surface area contributed by atoms with Gasteiger partial charge in [-0.05, 0) is 43.5 Å². The van der Waals surface area contributed by atoms with Crippen molar-refractivity contribution in [1.82, 2.24) is 25.0 Å². The highest BCUT2D eigenvalue weighted by atomic mass is 16.5. The maximum absolute atomic E-state index is 12.7. The summed E-state index contributed by atoms with van der Waals surface area (Å²) in [7, 11) is 0. The van der Waals surface area contributed by atoms with Crippen LogP contribution in [0.4, 0.5) is 0 Å². The monoisotopic (exact) mass is 349 g/mol. The quantitative estimate of drug-likeness (QED) is 0.704. The van der Waals surface area contributed by atoms with Crippen LogP contribution >= 0.6 is 0 Å². The summed E-state index contributed by atoms with van der Waals surface area (Å²) < 4.78 is 5.30. The third kappa shape index (κ3) is 3.46. The van der Waals surface area contributed by atoms with Gasteiger partial charge < -0.3 is 9.42 Å². The summed E-state index contributed by atoms with van der Waals surface area (Å²) in [6.45, 7) is 0.789. The summed E-state index contributed by atoms with van der Waals surface area (Å²) in [6.07, 6.45) is 8.50. The number of likely N-dealkylation sites (tertiary alicyclic amines) is 1. The number of hydrogen-bond acceptors (Lipinski definition) is 6. The van der Waals surface area contributed by atoms with Crippen molar-refractivity contribution >= 4 is 5.91 Å². The second kappa shape index (κ2) is 7.43. The molecule has 3 aromatic rings. The zero-order valence-electron chi connectivity index (χ0n) is 14.3. The third-order valence-electron chi connectivity index (χ3n) is 4.62. The number of carbonyl (C=O) groups is 1. The van der Waals surface area contributed by atoms with Crippen molar-refractivity contribution in [1.29, 1.82) is 0 Å². The van der Waals surface area contributed by atoms with Crippen LogP contribution in [-0.2, 0) is 6.42 Å². The Morgan fingerprint density at radius 1 is 1.19 bits per heavy atom. The molecule has 26 heavy (non-hydrogen) atoms. The lowest BCUT2D eigenvalue weighted by Gasteiger charge is -2.24. The van der Waals surface area contributed by atoms with Gasteiger partial charge in [0.2, 0.25) is 0 Å². The van der Waals surface area contributed by atoms with Crippen LogP contribution in [0.3, 0.4) is 0 Å². The van der Waals surface area contributed by atoms with Crippen LogP contribution in [0.5, 0.6) is 0 Å². The maximum Gasteiger partial charge on any atom is 0.276 e. The molecule has 1 aliphatic heterocycles. The van der Waals surface area contributed by atoms with Crippen molar-refractivity contribution in [2.75, 3.05) is 6.54 Å². The molecule has 1 atom stereocenters. The van der Waals surface area contributed by atoms with E-state index in [0.29, 0.717) is 29.4 Å². The number of aryl methyl sites for hydroxylation is 1. The minimum atomic E-state index is 0.0668. The Bertz CT molecular complexity index is 866. The fourth-order valence-corrected chi connectivity index (χ4v) is 3.31. The first-order chi connectivity index (χ1) is 12.8. The number of carbonyl (C=O) groups excluding carboxylic acids is 1. The minimum absolute atomic E-state index is 0.0668. The van der Waals surface area contributed by atoms with Crippen molar-refractivity contribution in [2.24, 2.45) is 0 Å². The molecule has 4 heterocycles. The lowest BCUT2D eigenvalue weighted by atomic mass is 10.1. The summed E-state index contributed by atoms with van der Waals surface area (Å²) in [5.74, 6) is 1.14. The van der Waals surface area contributed by atoms with Crippen LogP contribution in [0.25, 0.3) is 11.6 Å². The normalized spacial score (nSPS) is 16.8. The smallest absolute Gasteiger partial charge is 0.276 e. The Labute approximate surface area is 151 Å². The first-order valence-electron chi connectivity index (χ1n) is 8.76. The van der Waals surface area contributed by atoms with E-state index >= 15 is 0 Å². The lowest BCUT2D eigenvalue weighted by molar-refractivity contribution is 0.0730. The molecule has 0 radical (unpaired) electrons. The second-order valence-corrected chi connectivity index (χ2v) is 6.30. The van der Waals surface area contributed by atoms with Gasteiger partial charge in [0.05, 0.1) is 0 Å². The topological polar surface area (TPSA) is 85.0 Å². The average molecular weight is 349 g/mol. The van der Waals surface area contributed by atoms with Crippen molar-refractivity contribution in [2.45, 2.75) is 31.7 Å². The number of amides is 1. The third-order valence-corrected chi connectivity index (χ3v) is 4.62. The van der Waals surface area contributed by atoms with Crippen LogP contribution in [0, 0.1) is 0 Å². The van der Waals surface area contributed by atoms with Gasteiger partial charge in [-0.3, -0.25) is 14.8 Å². The predicted molar refractivity (Wildman–Crippen MR) is 94.1 cm³/mol. The highest BCUT2D eigenvalue weighted by Crippen LogP contribution is 2.24. The zero-order chi connectivity index (χ0) is 17.8. The highest BCUT2D eigenvalue weighted by molar-refractivity contribution is 5.94. The lowest BCUT2D eigenvalue weighted by Crippen LogP contribution is -2.35. The number of nitrogens with zero attached hydrogens (tertiary/aromatic N) is 5. The molecule has 132 valence electrons. The first-order valence-corrected chi connectivity index (χ1v) is 8.76. The summed E-state index contributed by atoms with van der Waals surface area (Å²) in [5.41, 5.74) is 1.35. The van der Waals surface area contributed by atoms with E-state index in [2.05, 4.69) is 20.1 Å². The number of aromatic nitrogens is 4. The van der Waals surface area contributed by atoms with Gasteiger partial charge in [0.15, 0.2) is 5.82 Å². The molecule has 1 saturated heterocycles. The molecular weight excluding hydrogens is 330 g/mol. The molecule has 7 heteroatoms. The van der Waals surface area contributed by atoms with E-state index in [4.69, 9.17) is 4.52 Å². The van der Waals surface area contributed by atoms with E-state index in [-0.39, 0.29) is 11.9 Å². The van der Waals surface area contributed by atoms with Crippen LogP contribution in [0.15, 0.2) is 53.4 Å². The van der Waals surface area contributed by atoms with E-state index in [1.165, 1.54) is 0 Å². The Balaban J connectivity index is 1.40. The summed E-state index contributed by atoms with van der Waals surface area (Å²) in [6, 6.07) is 9.28. The molecule has 4 rings (SSSR count). The van der Waals surface area contributed by atoms with E-state index in [1.54, 1.807) is 30.7 Å². The first kappa shape index (κ1) is 16.4. The van der Waals surface area contributed by atoms with Crippen LogP contribution in [0.1, 0.15) is 35.4 Å². The zero-order valence-corrected chi connectivity index (χ0v) is 14.3. The number of hydrogen-bond donors (Lipinski definition) is 0. The summed E-state index contributed by atoms with van der Waals surface area (Å²) in [5, 5.41) is 4.04. The summed E-state index contributed by atoms with van der Waals surface area (Å²) in [4.78, 5) is 27.3. The fourth-order valence-electron chi connectivity index (χ4n) is 3.31. The molecule has 1 amide bonds.